The van der Waals surface area contributed by atoms with Gasteiger partial charge in [-0.2, -0.15) is 0 Å². The zero-order valence-corrected chi connectivity index (χ0v) is 18.6. The molecule has 156 valence electrons. The smallest absolute Gasteiger partial charge is 0.307 e. The maximum absolute atomic E-state index is 12.7. The van der Waals surface area contributed by atoms with E-state index in [1.165, 1.54) is 22.2 Å². The summed E-state index contributed by atoms with van der Waals surface area (Å²) in [5, 5.41) is 0. The second-order valence-electron chi connectivity index (χ2n) is 6.68. The fraction of sp³-hybridized carbons (Fsp3) is 0.261. The Morgan fingerprint density at radius 3 is 2.77 bits per heavy atom. The molecule has 0 aromatic heterocycles. The number of rotatable bonds is 8. The number of hydrogen-bond acceptors (Lipinski definition) is 6. The summed E-state index contributed by atoms with van der Waals surface area (Å²) in [6, 6.07) is 15.7. The molecular weight excluding hydrogens is 418 g/mol. The van der Waals surface area contributed by atoms with Gasteiger partial charge in [-0.1, -0.05) is 60.4 Å². The van der Waals surface area contributed by atoms with Crippen molar-refractivity contribution in [2.45, 2.75) is 26.9 Å². The van der Waals surface area contributed by atoms with Crippen molar-refractivity contribution in [3.63, 3.8) is 0 Å². The van der Waals surface area contributed by atoms with E-state index >= 15 is 0 Å². The number of thioether (sulfide) groups is 1. The molecule has 0 atom stereocenters. The average Bonchev–Trinajstić information content (AvgIpc) is 2.99. The molecule has 1 fully saturated rings. The summed E-state index contributed by atoms with van der Waals surface area (Å²) in [5.41, 5.74) is 3.16. The fourth-order valence-electron chi connectivity index (χ4n) is 2.91. The fourth-order valence-corrected chi connectivity index (χ4v) is 4.22. The van der Waals surface area contributed by atoms with E-state index in [1.807, 2.05) is 42.5 Å². The minimum atomic E-state index is -0.339. The minimum absolute atomic E-state index is 0.121. The highest BCUT2D eigenvalue weighted by Crippen LogP contribution is 2.33. The lowest BCUT2D eigenvalue weighted by Crippen LogP contribution is -2.30. The summed E-state index contributed by atoms with van der Waals surface area (Å²) in [7, 11) is 0. The van der Waals surface area contributed by atoms with Crippen molar-refractivity contribution < 1.29 is 19.1 Å². The third kappa shape index (κ3) is 5.70. The minimum Gasteiger partial charge on any atom is -0.489 e. The van der Waals surface area contributed by atoms with Crippen molar-refractivity contribution in [1.29, 1.82) is 0 Å². The van der Waals surface area contributed by atoms with Gasteiger partial charge in [0.05, 0.1) is 17.9 Å². The molecule has 0 N–H and O–H groups in total. The van der Waals surface area contributed by atoms with Gasteiger partial charge in [0, 0.05) is 6.54 Å². The van der Waals surface area contributed by atoms with E-state index in [-0.39, 0.29) is 24.8 Å². The van der Waals surface area contributed by atoms with Gasteiger partial charge in [0.2, 0.25) is 0 Å². The van der Waals surface area contributed by atoms with E-state index in [0.29, 0.717) is 22.4 Å². The highest BCUT2D eigenvalue weighted by Gasteiger charge is 2.32. The number of amides is 1. The van der Waals surface area contributed by atoms with E-state index in [9.17, 15) is 9.59 Å². The molecular formula is C23H23NO4S2. The molecule has 7 heteroatoms. The highest BCUT2D eigenvalue weighted by molar-refractivity contribution is 8.26. The number of benzene rings is 2. The Hall–Kier alpha value is -2.64. The predicted molar refractivity (Wildman–Crippen MR) is 123 cm³/mol. The van der Waals surface area contributed by atoms with Gasteiger partial charge in [-0.25, -0.2) is 0 Å². The molecule has 3 rings (SSSR count). The first-order valence-corrected chi connectivity index (χ1v) is 10.9. The lowest BCUT2D eigenvalue weighted by molar-refractivity contribution is -0.143. The predicted octanol–water partition coefficient (Wildman–Crippen LogP) is 4.73. The zero-order valence-electron chi connectivity index (χ0n) is 16.9. The molecule has 0 unspecified atom stereocenters. The molecule has 1 saturated heterocycles. The maximum Gasteiger partial charge on any atom is 0.307 e. The van der Waals surface area contributed by atoms with Crippen LogP contribution in [0.2, 0.25) is 0 Å². The van der Waals surface area contributed by atoms with Gasteiger partial charge >= 0.3 is 5.97 Å². The van der Waals surface area contributed by atoms with E-state index < -0.39 is 0 Å². The van der Waals surface area contributed by atoms with Gasteiger partial charge in [-0.3, -0.25) is 14.5 Å². The Kier molecular flexibility index (Phi) is 7.65. The van der Waals surface area contributed by atoms with Crippen LogP contribution < -0.4 is 4.74 Å². The molecule has 0 bridgehead atoms. The van der Waals surface area contributed by atoms with Crippen molar-refractivity contribution in [1.82, 2.24) is 4.90 Å². The van der Waals surface area contributed by atoms with E-state index in [0.717, 1.165) is 16.9 Å². The van der Waals surface area contributed by atoms with Gasteiger partial charge < -0.3 is 9.47 Å². The van der Waals surface area contributed by atoms with Crippen LogP contribution in [0.15, 0.2) is 53.4 Å². The average molecular weight is 442 g/mol. The summed E-state index contributed by atoms with van der Waals surface area (Å²) >= 11 is 6.55. The van der Waals surface area contributed by atoms with Gasteiger partial charge in [0.1, 0.15) is 16.7 Å². The maximum atomic E-state index is 12.7. The summed E-state index contributed by atoms with van der Waals surface area (Å²) in [4.78, 5) is 26.2. The number of carbonyl (C=O) groups excluding carboxylic acids is 2. The van der Waals surface area contributed by atoms with Crippen LogP contribution >= 0.6 is 24.0 Å². The Morgan fingerprint density at radius 2 is 2.00 bits per heavy atom. The standard InChI is InChI=1S/C23H23NO4S2/c1-3-27-21(25)11-12-24-22(26)20(30-23(24)29)14-17-8-6-10-19(13-17)28-15-18-9-5-4-7-16(18)2/h4-10,13-14H,3,11-12,15H2,1-2H3/b20-14+. The second kappa shape index (κ2) is 10.4. The van der Waals surface area contributed by atoms with Crippen LogP contribution in [-0.2, 0) is 20.9 Å². The highest BCUT2D eigenvalue weighted by atomic mass is 32.2. The van der Waals surface area contributed by atoms with Crippen molar-refractivity contribution in [3.05, 3.63) is 70.1 Å². The summed E-state index contributed by atoms with van der Waals surface area (Å²) in [6.07, 6.45) is 1.92. The number of aryl methyl sites for hydroxylation is 1. The quantitative estimate of drug-likeness (QED) is 0.335. The summed E-state index contributed by atoms with van der Waals surface area (Å²) in [6.45, 7) is 4.82. The topological polar surface area (TPSA) is 55.8 Å². The van der Waals surface area contributed by atoms with E-state index in [4.69, 9.17) is 21.7 Å². The monoisotopic (exact) mass is 441 g/mol. The van der Waals surface area contributed by atoms with Crippen LogP contribution in [0.1, 0.15) is 30.0 Å². The molecule has 2 aromatic carbocycles. The Labute approximate surface area is 186 Å². The first-order chi connectivity index (χ1) is 14.5. The van der Waals surface area contributed by atoms with Gasteiger partial charge in [0.15, 0.2) is 0 Å². The van der Waals surface area contributed by atoms with Gasteiger partial charge in [-0.15, -0.1) is 0 Å². The molecule has 30 heavy (non-hydrogen) atoms. The Balaban J connectivity index is 1.65. The Bertz CT molecular complexity index is 987. The van der Waals surface area contributed by atoms with Crippen molar-refractivity contribution in [2.75, 3.05) is 13.2 Å². The van der Waals surface area contributed by atoms with Crippen molar-refractivity contribution in [3.8, 4) is 5.75 Å². The van der Waals surface area contributed by atoms with Gasteiger partial charge in [0.25, 0.3) is 5.91 Å². The summed E-state index contributed by atoms with van der Waals surface area (Å²) < 4.78 is 11.3. The summed E-state index contributed by atoms with van der Waals surface area (Å²) in [5.74, 6) is 0.194. The van der Waals surface area contributed by atoms with E-state index in [1.54, 1.807) is 13.0 Å². The number of thiocarbonyl (C=S) groups is 1. The second-order valence-corrected chi connectivity index (χ2v) is 8.35. The molecule has 0 spiro atoms. The van der Waals surface area contributed by atoms with Crippen LogP contribution in [0.5, 0.6) is 5.75 Å². The molecule has 0 radical (unpaired) electrons. The van der Waals surface area contributed by atoms with Crippen molar-refractivity contribution >= 4 is 46.3 Å². The van der Waals surface area contributed by atoms with E-state index in [2.05, 4.69) is 13.0 Å². The lowest BCUT2D eigenvalue weighted by Gasteiger charge is -2.13. The number of carbonyl (C=O) groups is 2. The molecule has 1 heterocycles. The van der Waals surface area contributed by atoms with Crippen LogP contribution in [0.25, 0.3) is 6.08 Å². The van der Waals surface area contributed by atoms with Crippen LogP contribution in [0.3, 0.4) is 0 Å². The molecule has 5 nitrogen and oxygen atoms in total. The first kappa shape index (κ1) is 22.1. The number of esters is 1. The molecule has 2 aromatic rings. The third-order valence-electron chi connectivity index (χ3n) is 4.53. The first-order valence-electron chi connectivity index (χ1n) is 9.66. The van der Waals surface area contributed by atoms with Gasteiger partial charge in [-0.05, 0) is 48.7 Å². The molecule has 0 aliphatic carbocycles. The molecule has 1 aliphatic heterocycles. The zero-order chi connectivity index (χ0) is 21.5. The third-order valence-corrected chi connectivity index (χ3v) is 5.91. The van der Waals surface area contributed by atoms with Crippen LogP contribution in [0.4, 0.5) is 0 Å². The largest absolute Gasteiger partial charge is 0.489 e. The Morgan fingerprint density at radius 1 is 1.20 bits per heavy atom. The molecule has 1 amide bonds. The number of nitrogens with zero attached hydrogens (tertiary/aromatic N) is 1. The molecule has 1 aliphatic rings. The lowest BCUT2D eigenvalue weighted by atomic mass is 10.1. The molecule has 0 saturated carbocycles. The normalized spacial score (nSPS) is 15.0. The van der Waals surface area contributed by atoms with Crippen LogP contribution in [0, 0.1) is 6.92 Å². The number of ether oxygens (including phenoxy) is 2. The number of hydrogen-bond donors (Lipinski definition) is 0. The van der Waals surface area contributed by atoms with Crippen LogP contribution in [-0.4, -0.2) is 34.2 Å². The SMILES string of the molecule is CCOC(=O)CCN1C(=O)/C(=C\c2cccc(OCc3ccccc3C)c2)SC1=S. The van der Waals surface area contributed by atoms with Crippen molar-refractivity contribution in [2.24, 2.45) is 0 Å².